The van der Waals surface area contributed by atoms with Gasteiger partial charge in [-0.2, -0.15) is 0 Å². The van der Waals surface area contributed by atoms with Gasteiger partial charge in [-0.05, 0) is 24.0 Å². The first kappa shape index (κ1) is 12.5. The van der Waals surface area contributed by atoms with E-state index in [9.17, 15) is 8.42 Å². The van der Waals surface area contributed by atoms with Gasteiger partial charge in [-0.25, -0.2) is 12.7 Å². The quantitative estimate of drug-likeness (QED) is 0.857. The zero-order valence-corrected chi connectivity index (χ0v) is 10.7. The molecule has 1 aromatic rings. The molecular formula is C12H17NO3S. The van der Waals surface area contributed by atoms with Gasteiger partial charge in [0, 0.05) is 13.1 Å². The van der Waals surface area contributed by atoms with Crippen molar-refractivity contribution in [2.45, 2.75) is 31.2 Å². The minimum Gasteiger partial charge on any atom is -0.392 e. The van der Waals surface area contributed by atoms with Crippen LogP contribution in [0.4, 0.5) is 0 Å². The van der Waals surface area contributed by atoms with Crippen LogP contribution in [0.3, 0.4) is 0 Å². The van der Waals surface area contributed by atoms with Gasteiger partial charge < -0.3 is 5.11 Å². The fourth-order valence-corrected chi connectivity index (χ4v) is 3.26. The smallest absolute Gasteiger partial charge is 0.218 e. The second-order valence-electron chi connectivity index (χ2n) is 4.48. The largest absolute Gasteiger partial charge is 0.392 e. The van der Waals surface area contributed by atoms with E-state index in [4.69, 9.17) is 5.11 Å². The third kappa shape index (κ3) is 3.06. The van der Waals surface area contributed by atoms with E-state index in [-0.39, 0.29) is 18.4 Å². The van der Waals surface area contributed by atoms with Crippen LogP contribution < -0.4 is 0 Å². The average Bonchev–Trinajstić information content (AvgIpc) is 3.11. The highest BCUT2D eigenvalue weighted by atomic mass is 32.2. The highest BCUT2D eigenvalue weighted by Crippen LogP contribution is 2.28. The van der Waals surface area contributed by atoms with E-state index < -0.39 is 10.0 Å². The summed E-state index contributed by atoms with van der Waals surface area (Å²) in [4.78, 5) is 0. The molecule has 0 unspecified atom stereocenters. The molecule has 4 nitrogen and oxygen atoms in total. The van der Waals surface area contributed by atoms with Gasteiger partial charge in [0.1, 0.15) is 0 Å². The Morgan fingerprint density at radius 2 is 2.00 bits per heavy atom. The molecule has 0 aliphatic heterocycles. The number of benzene rings is 1. The van der Waals surface area contributed by atoms with Crippen LogP contribution in [-0.2, 0) is 22.4 Å². The van der Waals surface area contributed by atoms with E-state index in [0.717, 1.165) is 24.0 Å². The van der Waals surface area contributed by atoms with E-state index in [1.807, 2.05) is 0 Å². The molecule has 2 rings (SSSR count). The molecule has 0 bridgehead atoms. The van der Waals surface area contributed by atoms with E-state index in [1.54, 1.807) is 31.3 Å². The zero-order valence-electron chi connectivity index (χ0n) is 9.83. The summed E-state index contributed by atoms with van der Waals surface area (Å²) in [6, 6.07) is 7.25. The summed E-state index contributed by atoms with van der Waals surface area (Å²) in [7, 11) is -1.58. The predicted molar refractivity (Wildman–Crippen MR) is 65.8 cm³/mol. The number of rotatable bonds is 5. The Kier molecular flexibility index (Phi) is 3.51. The molecule has 0 spiro atoms. The lowest BCUT2D eigenvalue weighted by molar-refractivity contribution is 0.281. The predicted octanol–water partition coefficient (Wildman–Crippen LogP) is 1.10. The van der Waals surface area contributed by atoms with Gasteiger partial charge in [0.05, 0.1) is 12.4 Å². The van der Waals surface area contributed by atoms with Crippen molar-refractivity contribution in [3.63, 3.8) is 0 Å². The van der Waals surface area contributed by atoms with Crippen molar-refractivity contribution in [3.8, 4) is 0 Å². The molecule has 5 heteroatoms. The Hall–Kier alpha value is -0.910. The summed E-state index contributed by atoms with van der Waals surface area (Å²) in [6.07, 6.45) is 1.93. The molecule has 17 heavy (non-hydrogen) atoms. The summed E-state index contributed by atoms with van der Waals surface area (Å²) in [5, 5.41) is 9.01. The fraction of sp³-hybridized carbons (Fsp3) is 0.500. The number of hydrogen-bond acceptors (Lipinski definition) is 3. The van der Waals surface area contributed by atoms with Crippen molar-refractivity contribution in [3.05, 3.63) is 35.4 Å². The third-order valence-corrected chi connectivity index (χ3v) is 4.90. The van der Waals surface area contributed by atoms with E-state index >= 15 is 0 Å². The molecule has 1 aliphatic carbocycles. The Bertz CT molecular complexity index is 494. The van der Waals surface area contributed by atoms with Crippen molar-refractivity contribution >= 4 is 10.0 Å². The minimum absolute atomic E-state index is 0.00778. The number of nitrogens with zero attached hydrogens (tertiary/aromatic N) is 1. The Labute approximate surface area is 102 Å². The normalized spacial score (nSPS) is 16.4. The van der Waals surface area contributed by atoms with Crippen molar-refractivity contribution in [2.75, 3.05) is 7.05 Å². The first-order valence-corrected chi connectivity index (χ1v) is 7.28. The minimum atomic E-state index is -3.22. The number of aliphatic hydroxyl groups excluding tert-OH is 1. The van der Waals surface area contributed by atoms with Gasteiger partial charge in [-0.3, -0.25) is 0 Å². The molecule has 0 heterocycles. The highest BCUT2D eigenvalue weighted by molar-refractivity contribution is 7.88. The lowest BCUT2D eigenvalue weighted by atomic mass is 10.1. The summed E-state index contributed by atoms with van der Waals surface area (Å²) in [6.45, 7) is -0.0631. The monoisotopic (exact) mass is 255 g/mol. The first-order chi connectivity index (χ1) is 8.03. The summed E-state index contributed by atoms with van der Waals surface area (Å²) in [5.74, 6) is 0.00778. The van der Waals surface area contributed by atoms with Crippen LogP contribution in [0.25, 0.3) is 0 Å². The third-order valence-electron chi connectivity index (χ3n) is 3.02. The van der Waals surface area contributed by atoms with Gasteiger partial charge in [-0.1, -0.05) is 24.3 Å². The standard InChI is InChI=1S/C12H17NO3S/c1-13(12-5-6-12)17(15,16)9-11-4-2-3-10(7-11)8-14/h2-4,7,12,14H,5-6,8-9H2,1H3. The van der Waals surface area contributed by atoms with Gasteiger partial charge in [0.25, 0.3) is 0 Å². The molecule has 0 aromatic heterocycles. The summed E-state index contributed by atoms with van der Waals surface area (Å²) < 4.78 is 25.6. The molecular weight excluding hydrogens is 238 g/mol. The van der Waals surface area contributed by atoms with E-state index in [2.05, 4.69) is 0 Å². The number of hydrogen-bond donors (Lipinski definition) is 1. The number of aliphatic hydroxyl groups is 1. The van der Waals surface area contributed by atoms with Crippen LogP contribution in [0.5, 0.6) is 0 Å². The van der Waals surface area contributed by atoms with Crippen LogP contribution in [-0.4, -0.2) is 30.9 Å². The number of sulfonamides is 1. The Morgan fingerprint density at radius 1 is 1.35 bits per heavy atom. The van der Waals surface area contributed by atoms with Gasteiger partial charge in [0.15, 0.2) is 0 Å². The van der Waals surface area contributed by atoms with Gasteiger partial charge in [0.2, 0.25) is 10.0 Å². The van der Waals surface area contributed by atoms with E-state index in [0.29, 0.717) is 0 Å². The van der Waals surface area contributed by atoms with Crippen LogP contribution in [0.2, 0.25) is 0 Å². The van der Waals surface area contributed by atoms with E-state index in [1.165, 1.54) is 4.31 Å². The van der Waals surface area contributed by atoms with Crippen molar-refractivity contribution < 1.29 is 13.5 Å². The molecule has 1 N–H and O–H groups in total. The lowest BCUT2D eigenvalue weighted by Gasteiger charge is -2.16. The van der Waals surface area contributed by atoms with Gasteiger partial charge in [-0.15, -0.1) is 0 Å². The van der Waals surface area contributed by atoms with Crippen molar-refractivity contribution in [2.24, 2.45) is 0 Å². The molecule has 1 saturated carbocycles. The maximum absolute atomic E-state index is 12.0. The topological polar surface area (TPSA) is 57.6 Å². The molecule has 0 saturated heterocycles. The Morgan fingerprint density at radius 3 is 2.59 bits per heavy atom. The maximum Gasteiger partial charge on any atom is 0.218 e. The molecule has 1 aliphatic rings. The average molecular weight is 255 g/mol. The maximum atomic E-state index is 12.0. The first-order valence-electron chi connectivity index (χ1n) is 5.67. The highest BCUT2D eigenvalue weighted by Gasteiger charge is 2.33. The van der Waals surface area contributed by atoms with Crippen LogP contribution >= 0.6 is 0 Å². The second-order valence-corrected chi connectivity index (χ2v) is 6.51. The van der Waals surface area contributed by atoms with Crippen molar-refractivity contribution in [1.82, 2.24) is 4.31 Å². The molecule has 0 amide bonds. The second kappa shape index (κ2) is 4.76. The fourth-order valence-electron chi connectivity index (χ4n) is 1.80. The molecule has 94 valence electrons. The molecule has 1 fully saturated rings. The Balaban J connectivity index is 2.13. The molecule has 0 atom stereocenters. The molecule has 1 aromatic carbocycles. The van der Waals surface area contributed by atoms with Gasteiger partial charge >= 0.3 is 0 Å². The van der Waals surface area contributed by atoms with Crippen LogP contribution in [0, 0.1) is 0 Å². The van der Waals surface area contributed by atoms with Crippen LogP contribution in [0.1, 0.15) is 24.0 Å². The van der Waals surface area contributed by atoms with Crippen LogP contribution in [0.15, 0.2) is 24.3 Å². The SMILES string of the molecule is CN(C1CC1)S(=O)(=O)Cc1cccc(CO)c1. The lowest BCUT2D eigenvalue weighted by Crippen LogP contribution is -2.30. The van der Waals surface area contributed by atoms with Crippen molar-refractivity contribution in [1.29, 1.82) is 0 Å². The summed E-state index contributed by atoms with van der Waals surface area (Å²) >= 11 is 0. The molecule has 0 radical (unpaired) electrons. The zero-order chi connectivity index (χ0) is 12.5. The summed E-state index contributed by atoms with van der Waals surface area (Å²) in [5.41, 5.74) is 1.47.